The average molecular weight is 285 g/mol. The zero-order valence-corrected chi connectivity index (χ0v) is 12.3. The Balaban J connectivity index is 2.67. The number of amides is 1. The van der Waals surface area contributed by atoms with Crippen LogP contribution in [0.25, 0.3) is 0 Å². The first-order chi connectivity index (χ1) is 8.75. The maximum atomic E-state index is 11.7. The van der Waals surface area contributed by atoms with Crippen molar-refractivity contribution in [1.29, 1.82) is 0 Å². The molecule has 7 heteroatoms. The SMILES string of the molecule is CCOC(=O)C(N)C(=O)Nc1nc(C(C)(C)C)cs1. The van der Waals surface area contributed by atoms with E-state index in [0.717, 1.165) is 5.69 Å². The second kappa shape index (κ2) is 6.12. The standard InChI is InChI=1S/C12H19N3O3S/c1-5-18-10(17)8(13)9(16)15-11-14-7(6-19-11)12(2,3)4/h6,8H,5,13H2,1-4H3,(H,14,15,16). The predicted octanol–water partition coefficient (Wildman–Crippen LogP) is 1.27. The van der Waals surface area contributed by atoms with Crippen LogP contribution in [0.3, 0.4) is 0 Å². The van der Waals surface area contributed by atoms with Crippen molar-refractivity contribution < 1.29 is 14.3 Å². The number of carbonyl (C=O) groups excluding carboxylic acids is 2. The zero-order valence-electron chi connectivity index (χ0n) is 11.5. The number of aromatic nitrogens is 1. The Kier molecular flexibility index (Phi) is 5.02. The van der Waals surface area contributed by atoms with Crippen LogP contribution in [0.15, 0.2) is 5.38 Å². The van der Waals surface area contributed by atoms with Gasteiger partial charge in [-0.15, -0.1) is 11.3 Å². The van der Waals surface area contributed by atoms with Crippen molar-refractivity contribution in [3.05, 3.63) is 11.1 Å². The number of thiazole rings is 1. The largest absolute Gasteiger partial charge is 0.464 e. The van der Waals surface area contributed by atoms with Crippen molar-refractivity contribution in [1.82, 2.24) is 4.98 Å². The average Bonchev–Trinajstić information content (AvgIpc) is 2.76. The van der Waals surface area contributed by atoms with E-state index in [4.69, 9.17) is 5.73 Å². The number of esters is 1. The molecule has 0 saturated carbocycles. The molecule has 1 aromatic rings. The van der Waals surface area contributed by atoms with Gasteiger partial charge in [0.15, 0.2) is 11.2 Å². The summed E-state index contributed by atoms with van der Waals surface area (Å²) in [6.45, 7) is 7.91. The number of nitrogens with one attached hydrogen (secondary N) is 1. The molecule has 1 aromatic heterocycles. The van der Waals surface area contributed by atoms with Gasteiger partial charge < -0.3 is 15.8 Å². The molecule has 0 aliphatic carbocycles. The number of ether oxygens (including phenoxy) is 1. The molecule has 0 spiro atoms. The van der Waals surface area contributed by atoms with Crippen molar-refractivity contribution >= 4 is 28.3 Å². The molecule has 1 rings (SSSR count). The van der Waals surface area contributed by atoms with Gasteiger partial charge in [0.25, 0.3) is 5.91 Å². The first-order valence-corrected chi connectivity index (χ1v) is 6.82. The smallest absolute Gasteiger partial charge is 0.332 e. The van der Waals surface area contributed by atoms with Gasteiger partial charge in [-0.2, -0.15) is 0 Å². The number of carbonyl (C=O) groups is 2. The van der Waals surface area contributed by atoms with Crippen LogP contribution in [0.4, 0.5) is 5.13 Å². The second-order valence-electron chi connectivity index (χ2n) is 5.01. The Bertz CT molecular complexity index is 465. The summed E-state index contributed by atoms with van der Waals surface area (Å²) in [5.74, 6) is -1.36. The van der Waals surface area contributed by atoms with Crippen LogP contribution in [-0.2, 0) is 19.7 Å². The molecular weight excluding hydrogens is 266 g/mol. The Morgan fingerprint density at radius 1 is 1.53 bits per heavy atom. The van der Waals surface area contributed by atoms with Crippen LogP contribution in [0.1, 0.15) is 33.4 Å². The van der Waals surface area contributed by atoms with E-state index in [9.17, 15) is 9.59 Å². The maximum Gasteiger partial charge on any atom is 0.332 e. The number of rotatable bonds is 4. The maximum absolute atomic E-state index is 11.7. The van der Waals surface area contributed by atoms with Gasteiger partial charge in [0.1, 0.15) is 0 Å². The van der Waals surface area contributed by atoms with Crippen molar-refractivity contribution in [2.24, 2.45) is 5.73 Å². The second-order valence-corrected chi connectivity index (χ2v) is 5.86. The minimum Gasteiger partial charge on any atom is -0.464 e. The van der Waals surface area contributed by atoms with Gasteiger partial charge in [-0.3, -0.25) is 4.79 Å². The van der Waals surface area contributed by atoms with Gasteiger partial charge in [0.05, 0.1) is 12.3 Å². The lowest BCUT2D eigenvalue weighted by Crippen LogP contribution is -2.43. The van der Waals surface area contributed by atoms with E-state index in [2.05, 4.69) is 15.0 Å². The van der Waals surface area contributed by atoms with Gasteiger partial charge in [-0.05, 0) is 6.92 Å². The fraction of sp³-hybridized carbons (Fsp3) is 0.583. The summed E-state index contributed by atoms with van der Waals surface area (Å²) < 4.78 is 4.68. The first-order valence-electron chi connectivity index (χ1n) is 5.94. The Morgan fingerprint density at radius 2 is 2.16 bits per heavy atom. The van der Waals surface area contributed by atoms with Crippen LogP contribution in [0, 0.1) is 0 Å². The summed E-state index contributed by atoms with van der Waals surface area (Å²) >= 11 is 1.30. The van der Waals surface area contributed by atoms with Crippen molar-refractivity contribution in [2.75, 3.05) is 11.9 Å². The third kappa shape index (κ3) is 4.29. The highest BCUT2D eigenvalue weighted by molar-refractivity contribution is 7.14. The Morgan fingerprint density at radius 3 is 2.63 bits per heavy atom. The quantitative estimate of drug-likeness (QED) is 0.641. The van der Waals surface area contributed by atoms with Gasteiger partial charge in [0, 0.05) is 10.8 Å². The normalized spacial score (nSPS) is 12.9. The highest BCUT2D eigenvalue weighted by Gasteiger charge is 2.25. The molecule has 0 aliphatic rings. The van der Waals surface area contributed by atoms with Gasteiger partial charge in [-0.25, -0.2) is 9.78 Å². The third-order valence-corrected chi connectivity index (χ3v) is 3.08. The number of nitrogens with zero attached hydrogens (tertiary/aromatic N) is 1. The molecule has 0 radical (unpaired) electrons. The summed E-state index contributed by atoms with van der Waals surface area (Å²) in [7, 11) is 0. The van der Waals surface area contributed by atoms with E-state index in [1.54, 1.807) is 6.92 Å². The Hall–Kier alpha value is -1.47. The van der Waals surface area contributed by atoms with E-state index in [1.165, 1.54) is 11.3 Å². The van der Waals surface area contributed by atoms with Gasteiger partial charge in [0.2, 0.25) is 0 Å². The minimum absolute atomic E-state index is 0.0945. The lowest BCUT2D eigenvalue weighted by atomic mass is 9.93. The molecule has 1 heterocycles. The van der Waals surface area contributed by atoms with Crippen LogP contribution in [-0.4, -0.2) is 29.5 Å². The van der Waals surface area contributed by atoms with E-state index in [0.29, 0.717) is 5.13 Å². The molecule has 1 amide bonds. The fourth-order valence-corrected chi connectivity index (χ4v) is 2.14. The predicted molar refractivity (Wildman–Crippen MR) is 74.1 cm³/mol. The first kappa shape index (κ1) is 15.6. The van der Waals surface area contributed by atoms with Crippen molar-refractivity contribution in [3.8, 4) is 0 Å². The summed E-state index contributed by atoms with van der Waals surface area (Å²) in [4.78, 5) is 27.3. The molecule has 106 valence electrons. The molecule has 0 saturated heterocycles. The molecule has 0 bridgehead atoms. The molecular formula is C12H19N3O3S. The van der Waals surface area contributed by atoms with Crippen LogP contribution < -0.4 is 11.1 Å². The van der Waals surface area contributed by atoms with E-state index < -0.39 is 17.9 Å². The van der Waals surface area contributed by atoms with Crippen LogP contribution in [0.2, 0.25) is 0 Å². The lowest BCUT2D eigenvalue weighted by Gasteiger charge is -2.14. The number of hydrogen-bond donors (Lipinski definition) is 2. The fourth-order valence-electron chi connectivity index (χ4n) is 1.20. The molecule has 1 atom stereocenters. The monoisotopic (exact) mass is 285 g/mol. The summed E-state index contributed by atoms with van der Waals surface area (Å²) in [6.07, 6.45) is 0. The summed E-state index contributed by atoms with van der Waals surface area (Å²) in [5, 5.41) is 4.81. The third-order valence-electron chi connectivity index (χ3n) is 2.33. The minimum atomic E-state index is -1.33. The zero-order chi connectivity index (χ0) is 14.6. The van der Waals surface area contributed by atoms with Crippen LogP contribution >= 0.6 is 11.3 Å². The highest BCUT2D eigenvalue weighted by atomic mass is 32.1. The van der Waals surface area contributed by atoms with Crippen LogP contribution in [0.5, 0.6) is 0 Å². The molecule has 0 aliphatic heterocycles. The van der Waals surface area contributed by atoms with E-state index in [1.807, 2.05) is 26.2 Å². The molecule has 3 N–H and O–H groups in total. The number of hydrogen-bond acceptors (Lipinski definition) is 6. The number of anilines is 1. The highest BCUT2D eigenvalue weighted by Crippen LogP contribution is 2.26. The number of nitrogens with two attached hydrogens (primary N) is 1. The van der Waals surface area contributed by atoms with E-state index >= 15 is 0 Å². The lowest BCUT2D eigenvalue weighted by molar-refractivity contribution is -0.146. The summed E-state index contributed by atoms with van der Waals surface area (Å²) in [6, 6.07) is -1.33. The Labute approximate surface area is 116 Å². The van der Waals surface area contributed by atoms with Crippen molar-refractivity contribution in [3.63, 3.8) is 0 Å². The van der Waals surface area contributed by atoms with E-state index in [-0.39, 0.29) is 12.0 Å². The van der Waals surface area contributed by atoms with Gasteiger partial charge >= 0.3 is 5.97 Å². The molecule has 0 aromatic carbocycles. The molecule has 1 unspecified atom stereocenters. The molecule has 0 fully saturated rings. The topological polar surface area (TPSA) is 94.3 Å². The van der Waals surface area contributed by atoms with Crippen molar-refractivity contribution in [2.45, 2.75) is 39.2 Å². The molecule has 19 heavy (non-hydrogen) atoms. The summed E-state index contributed by atoms with van der Waals surface area (Å²) in [5.41, 5.74) is 6.26. The molecule has 6 nitrogen and oxygen atoms in total. The van der Waals surface area contributed by atoms with Gasteiger partial charge in [-0.1, -0.05) is 20.8 Å².